The van der Waals surface area contributed by atoms with E-state index in [-0.39, 0.29) is 5.91 Å². The lowest BCUT2D eigenvalue weighted by atomic mass is 10.2. The average molecular weight is 423 g/mol. The number of hydrogen-bond acceptors (Lipinski definition) is 3. The van der Waals surface area contributed by atoms with Crippen molar-refractivity contribution in [2.45, 2.75) is 20.4 Å². The monoisotopic (exact) mass is 422 g/mol. The van der Waals surface area contributed by atoms with Crippen LogP contribution in [0.3, 0.4) is 0 Å². The molecule has 134 valence electrons. The van der Waals surface area contributed by atoms with E-state index in [4.69, 9.17) is 0 Å². The first-order valence-electron chi connectivity index (χ1n) is 8.19. The van der Waals surface area contributed by atoms with Crippen LogP contribution in [0.25, 0.3) is 0 Å². The van der Waals surface area contributed by atoms with E-state index >= 15 is 0 Å². The molecule has 0 unspecified atom stereocenters. The molecule has 2 aromatic rings. The van der Waals surface area contributed by atoms with Crippen LogP contribution in [0.4, 0.5) is 0 Å². The number of halogens is 1. The van der Waals surface area contributed by atoms with Gasteiger partial charge >= 0.3 is 0 Å². The molecule has 1 amide bonds. The summed E-state index contributed by atoms with van der Waals surface area (Å²) in [4.78, 5) is 17.9. The van der Waals surface area contributed by atoms with Gasteiger partial charge in [-0.2, -0.15) is 0 Å². The second kappa shape index (κ2) is 10.2. The number of nitrogens with zero attached hydrogens (tertiary/aromatic N) is 1. The van der Waals surface area contributed by atoms with Gasteiger partial charge < -0.3 is 16.0 Å². The van der Waals surface area contributed by atoms with Crippen LogP contribution >= 0.6 is 27.3 Å². The molecule has 7 heteroatoms. The molecule has 25 heavy (non-hydrogen) atoms. The van der Waals surface area contributed by atoms with Gasteiger partial charge in [-0.1, -0.05) is 22.0 Å². The highest BCUT2D eigenvalue weighted by Gasteiger charge is 2.05. The van der Waals surface area contributed by atoms with E-state index in [9.17, 15) is 4.79 Å². The Morgan fingerprint density at radius 1 is 1.20 bits per heavy atom. The molecule has 5 nitrogen and oxygen atoms in total. The summed E-state index contributed by atoms with van der Waals surface area (Å²) in [6.07, 6.45) is 0. The molecule has 0 radical (unpaired) electrons. The zero-order chi connectivity index (χ0) is 18.1. The highest BCUT2D eigenvalue weighted by molar-refractivity contribution is 9.10. The predicted molar refractivity (Wildman–Crippen MR) is 108 cm³/mol. The topological polar surface area (TPSA) is 65.5 Å². The van der Waals surface area contributed by atoms with E-state index in [1.807, 2.05) is 19.1 Å². The van der Waals surface area contributed by atoms with Crippen LogP contribution < -0.4 is 16.0 Å². The van der Waals surface area contributed by atoms with Crippen molar-refractivity contribution in [1.82, 2.24) is 16.0 Å². The van der Waals surface area contributed by atoms with E-state index in [0.717, 1.165) is 17.0 Å². The Balaban J connectivity index is 1.79. The zero-order valence-electron chi connectivity index (χ0n) is 14.4. The van der Waals surface area contributed by atoms with Gasteiger partial charge in [0.05, 0.1) is 6.54 Å². The van der Waals surface area contributed by atoms with Crippen molar-refractivity contribution in [3.05, 3.63) is 56.2 Å². The molecular weight excluding hydrogens is 400 g/mol. The maximum atomic E-state index is 12.1. The van der Waals surface area contributed by atoms with Gasteiger partial charge in [0.1, 0.15) is 0 Å². The lowest BCUT2D eigenvalue weighted by molar-refractivity contribution is 0.0954. The molecule has 0 aliphatic heterocycles. The standard InChI is InChI=1S/C18H23BrN4OS/c1-3-20-18(23-12-16-13(2)7-10-25-16)22-9-8-21-17(24)14-5-4-6-15(19)11-14/h4-7,10-11H,3,8-9,12H2,1-2H3,(H,21,24)(H2,20,22,23). The minimum absolute atomic E-state index is 0.0840. The SMILES string of the molecule is CCNC(=NCc1sccc1C)NCCNC(=O)c1cccc(Br)c1. The molecule has 0 atom stereocenters. The van der Waals surface area contributed by atoms with Gasteiger partial charge in [0.15, 0.2) is 5.96 Å². The van der Waals surface area contributed by atoms with E-state index < -0.39 is 0 Å². The van der Waals surface area contributed by atoms with Gasteiger partial charge in [-0.3, -0.25) is 4.79 Å². The molecule has 0 aliphatic rings. The van der Waals surface area contributed by atoms with Crippen molar-refractivity contribution >= 4 is 39.1 Å². The molecule has 1 aromatic heterocycles. The summed E-state index contributed by atoms with van der Waals surface area (Å²) in [5.41, 5.74) is 1.91. The molecule has 3 N–H and O–H groups in total. The van der Waals surface area contributed by atoms with Crippen LogP contribution in [0.2, 0.25) is 0 Å². The first-order valence-corrected chi connectivity index (χ1v) is 9.86. The highest BCUT2D eigenvalue weighted by atomic mass is 79.9. The number of hydrogen-bond donors (Lipinski definition) is 3. The molecule has 0 aliphatic carbocycles. The molecule has 0 saturated heterocycles. The van der Waals surface area contributed by atoms with Crippen LogP contribution in [0, 0.1) is 6.92 Å². The Hall–Kier alpha value is -1.86. The van der Waals surface area contributed by atoms with Gasteiger partial charge in [0.2, 0.25) is 0 Å². The Morgan fingerprint density at radius 3 is 2.68 bits per heavy atom. The number of thiophene rings is 1. The minimum Gasteiger partial charge on any atom is -0.357 e. The average Bonchev–Trinajstić information content (AvgIpc) is 3.01. The summed E-state index contributed by atoms with van der Waals surface area (Å²) in [6.45, 7) is 6.70. The summed E-state index contributed by atoms with van der Waals surface area (Å²) >= 11 is 5.09. The number of benzene rings is 1. The first-order chi connectivity index (χ1) is 12.1. The third kappa shape index (κ3) is 6.51. The second-order valence-electron chi connectivity index (χ2n) is 5.41. The number of aryl methyl sites for hydroxylation is 1. The largest absolute Gasteiger partial charge is 0.357 e. The van der Waals surface area contributed by atoms with Gasteiger partial charge in [-0.05, 0) is 49.1 Å². The van der Waals surface area contributed by atoms with Crippen molar-refractivity contribution < 1.29 is 4.79 Å². The lowest BCUT2D eigenvalue weighted by Gasteiger charge is -2.12. The van der Waals surface area contributed by atoms with Gasteiger partial charge in [0.25, 0.3) is 5.91 Å². The quantitative estimate of drug-likeness (QED) is 0.364. The van der Waals surface area contributed by atoms with Crippen LogP contribution in [0.1, 0.15) is 27.7 Å². The number of amides is 1. The van der Waals surface area contributed by atoms with Gasteiger partial charge in [-0.25, -0.2) is 4.99 Å². The van der Waals surface area contributed by atoms with E-state index in [1.54, 1.807) is 23.5 Å². The first kappa shape index (κ1) is 19.5. The number of carbonyl (C=O) groups is 1. The Kier molecular flexibility index (Phi) is 7.94. The third-order valence-corrected chi connectivity index (χ3v) is 4.98. The Labute approximate surface area is 161 Å². The molecule has 0 bridgehead atoms. The van der Waals surface area contributed by atoms with Crippen molar-refractivity contribution in [3.63, 3.8) is 0 Å². The summed E-state index contributed by atoms with van der Waals surface area (Å²) in [7, 11) is 0. The lowest BCUT2D eigenvalue weighted by Crippen LogP contribution is -2.41. The molecule has 2 rings (SSSR count). The number of aliphatic imine (C=N–C) groups is 1. The van der Waals surface area contributed by atoms with E-state index in [0.29, 0.717) is 25.2 Å². The zero-order valence-corrected chi connectivity index (χ0v) is 16.8. The van der Waals surface area contributed by atoms with Crippen LogP contribution in [0.15, 0.2) is 45.2 Å². The van der Waals surface area contributed by atoms with Crippen molar-refractivity contribution in [2.24, 2.45) is 4.99 Å². The normalized spacial score (nSPS) is 11.2. The molecule has 0 saturated carbocycles. The Bertz CT molecular complexity index is 729. The number of carbonyl (C=O) groups excluding carboxylic acids is 1. The van der Waals surface area contributed by atoms with E-state index in [2.05, 4.69) is 55.2 Å². The summed E-state index contributed by atoms with van der Waals surface area (Å²) < 4.78 is 0.892. The predicted octanol–water partition coefficient (Wildman–Crippen LogP) is 3.30. The van der Waals surface area contributed by atoms with Crippen molar-refractivity contribution in [3.8, 4) is 0 Å². The third-order valence-electron chi connectivity index (χ3n) is 3.48. The summed E-state index contributed by atoms with van der Waals surface area (Å²) in [5.74, 6) is 0.672. The van der Waals surface area contributed by atoms with Crippen LogP contribution in [0.5, 0.6) is 0 Å². The summed E-state index contributed by atoms with van der Waals surface area (Å²) in [5, 5.41) is 11.4. The second-order valence-corrected chi connectivity index (χ2v) is 7.33. The maximum absolute atomic E-state index is 12.1. The molecular formula is C18H23BrN4OS. The number of nitrogens with one attached hydrogen (secondary N) is 3. The van der Waals surface area contributed by atoms with E-state index in [1.165, 1.54) is 10.4 Å². The smallest absolute Gasteiger partial charge is 0.251 e. The summed E-state index contributed by atoms with van der Waals surface area (Å²) in [6, 6.07) is 9.44. The molecule has 0 fully saturated rings. The molecule has 0 spiro atoms. The van der Waals surface area contributed by atoms with Crippen molar-refractivity contribution in [2.75, 3.05) is 19.6 Å². The van der Waals surface area contributed by atoms with Crippen molar-refractivity contribution in [1.29, 1.82) is 0 Å². The Morgan fingerprint density at radius 2 is 2.00 bits per heavy atom. The molecule has 1 heterocycles. The van der Waals surface area contributed by atoms with Crippen LogP contribution in [-0.2, 0) is 6.54 Å². The maximum Gasteiger partial charge on any atom is 0.251 e. The highest BCUT2D eigenvalue weighted by Crippen LogP contribution is 2.16. The minimum atomic E-state index is -0.0840. The number of guanidine groups is 1. The van der Waals surface area contributed by atoms with Gasteiger partial charge in [0, 0.05) is 34.5 Å². The molecule has 1 aromatic carbocycles. The van der Waals surface area contributed by atoms with Crippen LogP contribution in [-0.4, -0.2) is 31.5 Å². The fraction of sp³-hybridized carbons (Fsp3) is 0.333. The fourth-order valence-corrected chi connectivity index (χ4v) is 3.38. The van der Waals surface area contributed by atoms with Gasteiger partial charge in [-0.15, -0.1) is 11.3 Å². The number of rotatable bonds is 7. The fourth-order valence-electron chi connectivity index (χ4n) is 2.15.